The van der Waals surface area contributed by atoms with Crippen LogP contribution in [0, 0.1) is 23.7 Å². The number of nitrogens with zero attached hydrogens (tertiary/aromatic N) is 2. The third-order valence-electron chi connectivity index (χ3n) is 9.18. The molecular formula is C37H62F2N6O6S. The van der Waals surface area contributed by atoms with Gasteiger partial charge in [0, 0.05) is 39.1 Å². The molecule has 1 aromatic carbocycles. The molecule has 1 saturated heterocycles. The summed E-state index contributed by atoms with van der Waals surface area (Å²) in [5.74, 6) is -2.18. The highest BCUT2D eigenvalue weighted by Gasteiger charge is 2.45. The van der Waals surface area contributed by atoms with Gasteiger partial charge >= 0.3 is 0 Å². The number of sulfonamides is 1. The molecule has 0 spiro atoms. The number of amides is 3. The van der Waals surface area contributed by atoms with E-state index in [0.717, 1.165) is 23.0 Å². The molecule has 12 nitrogen and oxygen atoms in total. The van der Waals surface area contributed by atoms with Gasteiger partial charge in [0.2, 0.25) is 34.2 Å². The Hall–Kier alpha value is -2.98. The molecule has 1 aromatic rings. The van der Waals surface area contributed by atoms with Crippen molar-refractivity contribution in [3.63, 3.8) is 0 Å². The van der Waals surface area contributed by atoms with Crippen molar-refractivity contribution < 1.29 is 36.7 Å². The van der Waals surface area contributed by atoms with Gasteiger partial charge in [-0.3, -0.25) is 25.0 Å². The van der Waals surface area contributed by atoms with E-state index < -0.39 is 81.9 Å². The predicted octanol–water partition coefficient (Wildman–Crippen LogP) is 3.15. The lowest BCUT2D eigenvalue weighted by Gasteiger charge is -2.40. The zero-order chi connectivity index (χ0) is 39.8. The third-order valence-corrected chi connectivity index (χ3v) is 10.5. The number of aliphatic hydroxyl groups is 1. The van der Waals surface area contributed by atoms with Crippen molar-refractivity contribution in [3.8, 4) is 0 Å². The van der Waals surface area contributed by atoms with Crippen molar-refractivity contribution in [2.24, 2.45) is 16.7 Å². The van der Waals surface area contributed by atoms with Crippen LogP contribution >= 0.6 is 0 Å². The smallest absolute Gasteiger partial charge is 0.243 e. The summed E-state index contributed by atoms with van der Waals surface area (Å²) in [7, 11) is -2.07. The van der Waals surface area contributed by atoms with E-state index in [0.29, 0.717) is 6.42 Å². The molecule has 0 aliphatic carbocycles. The van der Waals surface area contributed by atoms with Crippen molar-refractivity contribution in [1.82, 2.24) is 30.5 Å². The number of aliphatic hydroxyl groups excluding tert-OH is 1. The average Bonchev–Trinajstić information content (AvgIpc) is 3.40. The van der Waals surface area contributed by atoms with Gasteiger partial charge in [-0.2, -0.15) is 0 Å². The van der Waals surface area contributed by atoms with E-state index in [1.165, 1.54) is 16.3 Å². The first-order valence-corrected chi connectivity index (χ1v) is 19.6. The average molecular weight is 757 g/mol. The van der Waals surface area contributed by atoms with Crippen LogP contribution in [0.1, 0.15) is 79.4 Å². The summed E-state index contributed by atoms with van der Waals surface area (Å²) in [6, 6.07) is 3.54. The maximum atomic E-state index is 14.4. The first kappa shape index (κ1) is 45.2. The summed E-state index contributed by atoms with van der Waals surface area (Å²) in [5.41, 5.74) is 1.71. The summed E-state index contributed by atoms with van der Waals surface area (Å²) in [6.45, 7) is 17.2. The first-order chi connectivity index (χ1) is 23.8. The van der Waals surface area contributed by atoms with Crippen LogP contribution < -0.4 is 21.3 Å². The van der Waals surface area contributed by atoms with Gasteiger partial charge in [-0.25, -0.2) is 21.5 Å². The molecule has 1 fully saturated rings. The molecule has 1 heterocycles. The van der Waals surface area contributed by atoms with Crippen LogP contribution in [-0.4, -0.2) is 110 Å². The lowest BCUT2D eigenvalue weighted by Crippen LogP contribution is -2.63. The fraction of sp³-hybridized carbons (Fsp3) is 0.703. The minimum atomic E-state index is -3.51. The first-order valence-electron chi connectivity index (χ1n) is 17.8. The molecule has 0 radical (unpaired) electrons. The van der Waals surface area contributed by atoms with Crippen molar-refractivity contribution in [2.75, 3.05) is 32.9 Å². The van der Waals surface area contributed by atoms with Crippen molar-refractivity contribution >= 4 is 27.7 Å². The second-order valence-corrected chi connectivity index (χ2v) is 18.6. The monoisotopic (exact) mass is 756 g/mol. The minimum absolute atomic E-state index is 0.0489. The van der Waals surface area contributed by atoms with Gasteiger partial charge in [-0.15, -0.1) is 0 Å². The SMILES string of the molecule is CC(C)=CC1C[C@@H](C(=O)N[C@@H](CC(F)F)C(=O)NCCc2cccc(C)c2)N(C(=O)[C@@H](NC(O)N[C@H](CN(C)S(C)(=O)=O)C(C)(C)C)C(C)(C)C)C1. The second-order valence-electron chi connectivity index (χ2n) is 16.5. The van der Waals surface area contributed by atoms with E-state index in [1.54, 1.807) is 20.8 Å². The number of carbonyl (C=O) groups excluding carboxylic acids is 3. The molecule has 0 bridgehead atoms. The Bertz CT molecular complexity index is 1510. The molecule has 0 aromatic heterocycles. The van der Waals surface area contributed by atoms with Crippen molar-refractivity contribution in [3.05, 3.63) is 47.0 Å². The number of carbonyl (C=O) groups is 3. The number of likely N-dealkylation sites (tertiary alicyclic amines) is 1. The van der Waals surface area contributed by atoms with Crippen LogP contribution in [0.5, 0.6) is 0 Å². The van der Waals surface area contributed by atoms with Crippen LogP contribution in [0.2, 0.25) is 0 Å². The van der Waals surface area contributed by atoms with E-state index in [2.05, 4.69) is 21.3 Å². The number of likely N-dealkylation sites (N-methyl/N-ethyl adjacent to an activating group) is 1. The highest BCUT2D eigenvalue weighted by atomic mass is 32.2. The lowest BCUT2D eigenvalue weighted by molar-refractivity contribution is -0.144. The van der Waals surface area contributed by atoms with Gasteiger partial charge < -0.3 is 20.6 Å². The van der Waals surface area contributed by atoms with E-state index in [1.807, 2.05) is 71.9 Å². The topological polar surface area (TPSA) is 160 Å². The quantitative estimate of drug-likeness (QED) is 0.120. The molecule has 2 unspecified atom stereocenters. The number of hydrogen-bond donors (Lipinski definition) is 5. The Balaban J connectivity index is 2.32. The molecular weight excluding hydrogens is 695 g/mol. The van der Waals surface area contributed by atoms with Crippen LogP contribution in [0.3, 0.4) is 0 Å². The fourth-order valence-electron chi connectivity index (χ4n) is 6.17. The number of nitrogens with one attached hydrogen (secondary N) is 4. The van der Waals surface area contributed by atoms with Crippen LogP contribution in [0.25, 0.3) is 0 Å². The lowest BCUT2D eigenvalue weighted by atomic mass is 9.85. The Labute approximate surface area is 309 Å². The molecule has 15 heteroatoms. The van der Waals surface area contributed by atoms with Crippen LogP contribution in [-0.2, 0) is 30.8 Å². The normalized spacial score (nSPS) is 19.3. The van der Waals surface area contributed by atoms with Gasteiger partial charge in [0.05, 0.1) is 12.3 Å². The maximum Gasteiger partial charge on any atom is 0.243 e. The minimum Gasteiger partial charge on any atom is -0.365 e. The number of alkyl halides is 2. The number of aryl methyl sites for hydroxylation is 1. The molecule has 0 saturated carbocycles. The largest absolute Gasteiger partial charge is 0.365 e. The fourth-order valence-corrected chi connectivity index (χ4v) is 6.59. The zero-order valence-corrected chi connectivity index (χ0v) is 33.5. The number of rotatable bonds is 17. The molecule has 3 amide bonds. The third kappa shape index (κ3) is 14.4. The molecule has 52 heavy (non-hydrogen) atoms. The summed E-state index contributed by atoms with van der Waals surface area (Å²) in [6.07, 6.45) is -1.49. The molecule has 6 atom stereocenters. The number of hydrogen-bond acceptors (Lipinski definition) is 8. The van der Waals surface area contributed by atoms with Gasteiger partial charge in [0.1, 0.15) is 12.1 Å². The molecule has 2 rings (SSSR count). The van der Waals surface area contributed by atoms with Gasteiger partial charge in [0.15, 0.2) is 6.35 Å². The van der Waals surface area contributed by atoms with Gasteiger partial charge in [-0.05, 0) is 55.9 Å². The molecule has 296 valence electrons. The number of halogens is 2. The zero-order valence-electron chi connectivity index (χ0n) is 32.7. The summed E-state index contributed by atoms with van der Waals surface area (Å²) < 4.78 is 52.9. The second kappa shape index (κ2) is 18.9. The molecule has 5 N–H and O–H groups in total. The number of allylic oxidation sites excluding steroid dienone is 1. The Morgan fingerprint density at radius 1 is 1.08 bits per heavy atom. The van der Waals surface area contributed by atoms with Crippen molar-refractivity contribution in [2.45, 2.75) is 119 Å². The van der Waals surface area contributed by atoms with E-state index >= 15 is 0 Å². The van der Waals surface area contributed by atoms with Gasteiger partial charge in [0.25, 0.3) is 0 Å². The number of benzene rings is 1. The molecule has 1 aliphatic heterocycles. The van der Waals surface area contributed by atoms with Crippen molar-refractivity contribution in [1.29, 1.82) is 0 Å². The maximum absolute atomic E-state index is 14.4. The van der Waals surface area contributed by atoms with Crippen LogP contribution in [0.15, 0.2) is 35.9 Å². The predicted molar refractivity (Wildman–Crippen MR) is 200 cm³/mol. The summed E-state index contributed by atoms with van der Waals surface area (Å²) in [4.78, 5) is 42.8. The Morgan fingerprint density at radius 2 is 1.71 bits per heavy atom. The Kier molecular flexibility index (Phi) is 16.4. The van der Waals surface area contributed by atoms with E-state index in [9.17, 15) is 36.7 Å². The molecule has 1 aliphatic rings. The standard InChI is InChI=1S/C37H62F2N6O6S/c1-23(2)17-26-19-28(33(47)41-27(20-30(38)39)32(46)40-16-15-25-14-12-13-24(3)18-25)45(21-26)34(48)31(37(7,8)9)43-35(49)42-29(36(4,5)6)22-44(10)52(11,50)51/h12-14,17-18,26-31,35,42-43,49H,15-16,19-22H2,1-11H3,(H,40,46)(H,41,47)/t26?,27-,28-,29+,31+,35?/m0/s1. The van der Waals surface area contributed by atoms with Gasteiger partial charge in [-0.1, -0.05) is 83.0 Å². The van der Waals surface area contributed by atoms with E-state index in [4.69, 9.17) is 0 Å². The van der Waals surface area contributed by atoms with E-state index in [-0.39, 0.29) is 32.0 Å². The van der Waals surface area contributed by atoms with Crippen LogP contribution in [0.4, 0.5) is 8.78 Å². The summed E-state index contributed by atoms with van der Waals surface area (Å²) >= 11 is 0. The summed E-state index contributed by atoms with van der Waals surface area (Å²) in [5, 5.41) is 22.4. The highest BCUT2D eigenvalue weighted by molar-refractivity contribution is 7.88. The highest BCUT2D eigenvalue weighted by Crippen LogP contribution is 2.30. The Morgan fingerprint density at radius 3 is 2.23 bits per heavy atom.